The predicted molar refractivity (Wildman–Crippen MR) is 59.1 cm³/mol. The van der Waals surface area contributed by atoms with Crippen LogP contribution in [0.4, 0.5) is 0 Å². The summed E-state index contributed by atoms with van der Waals surface area (Å²) in [6.07, 6.45) is 2.37. The Kier molecular flexibility index (Phi) is 2.77. The van der Waals surface area contributed by atoms with Crippen molar-refractivity contribution in [2.45, 2.75) is 25.8 Å². The number of hydrogen-bond donors (Lipinski definition) is 1. The molecule has 1 aliphatic rings. The van der Waals surface area contributed by atoms with Gasteiger partial charge >= 0.3 is 0 Å². The highest BCUT2D eigenvalue weighted by Gasteiger charge is 2.29. The summed E-state index contributed by atoms with van der Waals surface area (Å²) in [4.78, 5) is 22.9. The van der Waals surface area contributed by atoms with Crippen molar-refractivity contribution in [1.82, 2.24) is 15.1 Å². The fourth-order valence-corrected chi connectivity index (χ4v) is 1.62. The van der Waals surface area contributed by atoms with E-state index in [-0.39, 0.29) is 23.2 Å². The van der Waals surface area contributed by atoms with Gasteiger partial charge in [0, 0.05) is 19.2 Å². The van der Waals surface area contributed by atoms with Crippen molar-refractivity contribution in [2.75, 3.05) is 0 Å². The first-order chi connectivity index (χ1) is 7.58. The molecule has 16 heavy (non-hydrogen) atoms. The Morgan fingerprint density at radius 1 is 1.56 bits per heavy atom. The maximum Gasteiger partial charge on any atom is 0.271 e. The van der Waals surface area contributed by atoms with Crippen molar-refractivity contribution < 1.29 is 4.79 Å². The molecule has 1 atom stereocenters. The highest BCUT2D eigenvalue weighted by molar-refractivity contribution is 5.92. The molecule has 1 aliphatic carbocycles. The van der Waals surface area contributed by atoms with Crippen LogP contribution in [-0.2, 0) is 7.05 Å². The Hall–Kier alpha value is -1.65. The molecule has 1 N–H and O–H groups in total. The lowest BCUT2D eigenvalue weighted by Gasteiger charge is -2.12. The average Bonchev–Trinajstić information content (AvgIpc) is 3.05. The molecule has 86 valence electrons. The fraction of sp³-hybridized carbons (Fsp3) is 0.545. The molecule has 1 saturated carbocycles. The topological polar surface area (TPSA) is 64.0 Å². The molecule has 1 aromatic heterocycles. The van der Waals surface area contributed by atoms with E-state index in [2.05, 4.69) is 10.4 Å². The molecule has 1 unspecified atom stereocenters. The number of rotatable bonds is 3. The standard InChI is InChI=1S/C11H15N3O2/c1-7(8-3-4-8)12-11(16)9-5-6-10(15)14(2)13-9/h5-8H,3-4H2,1-2H3,(H,12,16). The number of carbonyl (C=O) groups is 1. The second kappa shape index (κ2) is 4.08. The maximum atomic E-state index is 11.8. The first-order valence-corrected chi connectivity index (χ1v) is 5.43. The van der Waals surface area contributed by atoms with Gasteiger partial charge in [0.15, 0.2) is 0 Å². The third-order valence-electron chi connectivity index (χ3n) is 2.88. The molecule has 5 nitrogen and oxygen atoms in total. The Balaban J connectivity index is 2.07. The number of aryl methyl sites for hydroxylation is 1. The molecule has 5 heteroatoms. The van der Waals surface area contributed by atoms with Crippen LogP contribution in [0.25, 0.3) is 0 Å². The fourth-order valence-electron chi connectivity index (χ4n) is 1.62. The van der Waals surface area contributed by atoms with E-state index in [1.165, 1.54) is 32.0 Å². The zero-order valence-electron chi connectivity index (χ0n) is 9.43. The minimum absolute atomic E-state index is 0.187. The van der Waals surface area contributed by atoms with E-state index in [9.17, 15) is 9.59 Å². The molecule has 1 fully saturated rings. The molecular formula is C11H15N3O2. The molecule has 0 aliphatic heterocycles. The molecule has 0 bridgehead atoms. The maximum absolute atomic E-state index is 11.8. The zero-order valence-corrected chi connectivity index (χ0v) is 9.43. The van der Waals surface area contributed by atoms with Gasteiger partial charge in [-0.2, -0.15) is 5.10 Å². The second-order valence-electron chi connectivity index (χ2n) is 4.28. The van der Waals surface area contributed by atoms with E-state index in [1.807, 2.05) is 6.92 Å². The van der Waals surface area contributed by atoms with Crippen LogP contribution in [0.2, 0.25) is 0 Å². The lowest BCUT2D eigenvalue weighted by atomic mass is 10.2. The molecular weight excluding hydrogens is 206 g/mol. The summed E-state index contributed by atoms with van der Waals surface area (Å²) in [5, 5.41) is 6.79. The molecule has 1 heterocycles. The van der Waals surface area contributed by atoms with Crippen LogP contribution in [0.15, 0.2) is 16.9 Å². The van der Waals surface area contributed by atoms with Gasteiger partial charge < -0.3 is 5.32 Å². The van der Waals surface area contributed by atoms with Crippen LogP contribution < -0.4 is 10.9 Å². The Morgan fingerprint density at radius 3 is 2.81 bits per heavy atom. The third-order valence-corrected chi connectivity index (χ3v) is 2.88. The van der Waals surface area contributed by atoms with Gasteiger partial charge in [0.25, 0.3) is 11.5 Å². The van der Waals surface area contributed by atoms with Crippen molar-refractivity contribution in [1.29, 1.82) is 0 Å². The molecule has 0 saturated heterocycles. The lowest BCUT2D eigenvalue weighted by molar-refractivity contribution is 0.0928. The van der Waals surface area contributed by atoms with Crippen molar-refractivity contribution in [3.63, 3.8) is 0 Å². The number of hydrogen-bond acceptors (Lipinski definition) is 3. The van der Waals surface area contributed by atoms with Gasteiger partial charge in [-0.3, -0.25) is 9.59 Å². The Morgan fingerprint density at radius 2 is 2.25 bits per heavy atom. The summed E-state index contributed by atoms with van der Waals surface area (Å²) in [5.41, 5.74) is 0.0707. The summed E-state index contributed by atoms with van der Waals surface area (Å²) < 4.78 is 1.16. The van der Waals surface area contributed by atoms with E-state index < -0.39 is 0 Å². The van der Waals surface area contributed by atoms with Crippen LogP contribution >= 0.6 is 0 Å². The van der Waals surface area contributed by atoms with Gasteiger partial charge in [0.1, 0.15) is 5.69 Å². The monoisotopic (exact) mass is 221 g/mol. The number of aromatic nitrogens is 2. The minimum Gasteiger partial charge on any atom is -0.348 e. The first-order valence-electron chi connectivity index (χ1n) is 5.43. The van der Waals surface area contributed by atoms with E-state index in [0.717, 1.165) is 4.68 Å². The molecule has 0 radical (unpaired) electrons. The normalized spacial score (nSPS) is 16.9. The van der Waals surface area contributed by atoms with E-state index in [4.69, 9.17) is 0 Å². The van der Waals surface area contributed by atoms with Crippen molar-refractivity contribution in [2.24, 2.45) is 13.0 Å². The van der Waals surface area contributed by atoms with Crippen molar-refractivity contribution in [3.05, 3.63) is 28.2 Å². The van der Waals surface area contributed by atoms with Gasteiger partial charge in [0.2, 0.25) is 0 Å². The Bertz CT molecular complexity index is 463. The summed E-state index contributed by atoms with van der Waals surface area (Å²) >= 11 is 0. The highest BCUT2D eigenvalue weighted by Crippen LogP contribution is 2.32. The van der Waals surface area contributed by atoms with Gasteiger partial charge in [0.05, 0.1) is 0 Å². The van der Waals surface area contributed by atoms with Crippen LogP contribution in [0.1, 0.15) is 30.3 Å². The third kappa shape index (κ3) is 2.29. The summed E-state index contributed by atoms with van der Waals surface area (Å²) in [6, 6.07) is 2.99. The average molecular weight is 221 g/mol. The molecule has 0 spiro atoms. The van der Waals surface area contributed by atoms with Crippen LogP contribution in [0.3, 0.4) is 0 Å². The minimum atomic E-state index is -0.216. The Labute approximate surface area is 93.5 Å². The van der Waals surface area contributed by atoms with Crippen LogP contribution in [-0.4, -0.2) is 21.7 Å². The van der Waals surface area contributed by atoms with Gasteiger partial charge in [-0.05, 0) is 31.7 Å². The van der Waals surface area contributed by atoms with E-state index >= 15 is 0 Å². The van der Waals surface area contributed by atoms with Crippen LogP contribution in [0.5, 0.6) is 0 Å². The number of carbonyl (C=O) groups excluding carboxylic acids is 1. The first kappa shape index (κ1) is 10.9. The highest BCUT2D eigenvalue weighted by atomic mass is 16.2. The van der Waals surface area contributed by atoms with Gasteiger partial charge in [-0.1, -0.05) is 0 Å². The second-order valence-corrected chi connectivity index (χ2v) is 4.28. The van der Waals surface area contributed by atoms with Crippen LogP contribution in [0, 0.1) is 5.92 Å². The summed E-state index contributed by atoms with van der Waals surface area (Å²) in [7, 11) is 1.53. The van der Waals surface area contributed by atoms with E-state index in [1.54, 1.807) is 0 Å². The predicted octanol–water partition coefficient (Wildman–Crippen LogP) is 0.309. The smallest absolute Gasteiger partial charge is 0.271 e. The van der Waals surface area contributed by atoms with Gasteiger partial charge in [-0.15, -0.1) is 0 Å². The number of nitrogens with one attached hydrogen (secondary N) is 1. The summed E-state index contributed by atoms with van der Waals surface area (Å²) in [5.74, 6) is 0.395. The molecule has 2 rings (SSSR count). The SMILES string of the molecule is CC(NC(=O)c1ccc(=O)n(C)n1)C1CC1. The lowest BCUT2D eigenvalue weighted by Crippen LogP contribution is -2.35. The quantitative estimate of drug-likeness (QED) is 0.799. The van der Waals surface area contributed by atoms with Gasteiger partial charge in [-0.25, -0.2) is 4.68 Å². The number of nitrogens with zero attached hydrogens (tertiary/aromatic N) is 2. The van der Waals surface area contributed by atoms with E-state index in [0.29, 0.717) is 5.92 Å². The molecule has 1 aromatic rings. The van der Waals surface area contributed by atoms with Crippen molar-refractivity contribution >= 4 is 5.91 Å². The van der Waals surface area contributed by atoms with Crippen molar-refractivity contribution in [3.8, 4) is 0 Å². The molecule has 1 amide bonds. The largest absolute Gasteiger partial charge is 0.348 e. The zero-order chi connectivity index (χ0) is 11.7. The number of amides is 1. The summed E-state index contributed by atoms with van der Waals surface area (Å²) in [6.45, 7) is 2.00. The molecule has 0 aromatic carbocycles.